The first kappa shape index (κ1) is 16.4. The number of hydrogen-bond donors (Lipinski definition) is 0. The highest BCUT2D eigenvalue weighted by Crippen LogP contribution is 2.38. The molecule has 0 unspecified atom stereocenters. The number of aromatic nitrogens is 2. The lowest BCUT2D eigenvalue weighted by Gasteiger charge is -2.51. The summed E-state index contributed by atoms with van der Waals surface area (Å²) in [5.41, 5.74) is 0.0451. The maximum Gasteiger partial charge on any atom is 0.274 e. The summed E-state index contributed by atoms with van der Waals surface area (Å²) in [7, 11) is 0. The molecular weight excluding hydrogens is 320 g/mol. The molecule has 0 N–H and O–H groups in total. The van der Waals surface area contributed by atoms with Crippen molar-refractivity contribution < 1.29 is 14.3 Å². The average molecular weight is 344 g/mol. The second-order valence-corrected chi connectivity index (χ2v) is 7.40. The molecule has 1 aromatic heterocycles. The second kappa shape index (κ2) is 6.37. The van der Waals surface area contributed by atoms with Crippen LogP contribution in [0.5, 0.6) is 0 Å². The largest absolute Gasteiger partial charge is 0.363 e. The molecule has 2 saturated heterocycles. The smallest absolute Gasteiger partial charge is 0.274 e. The van der Waals surface area contributed by atoms with Crippen molar-refractivity contribution in [2.45, 2.75) is 44.2 Å². The molecule has 1 aromatic rings. The maximum atomic E-state index is 12.5. The first-order valence-corrected chi connectivity index (χ1v) is 9.08. The van der Waals surface area contributed by atoms with Crippen molar-refractivity contribution in [3.05, 3.63) is 24.3 Å². The Morgan fingerprint density at radius 1 is 1.32 bits per heavy atom. The van der Waals surface area contributed by atoms with Gasteiger partial charge in [0.1, 0.15) is 12.3 Å². The highest BCUT2D eigenvalue weighted by Gasteiger charge is 2.49. The summed E-state index contributed by atoms with van der Waals surface area (Å²) in [6, 6.07) is 0.0584. The zero-order chi connectivity index (χ0) is 17.4. The fourth-order valence-corrected chi connectivity index (χ4v) is 3.97. The predicted molar refractivity (Wildman–Crippen MR) is 89.8 cm³/mol. The van der Waals surface area contributed by atoms with Gasteiger partial charge in [0.2, 0.25) is 5.91 Å². The van der Waals surface area contributed by atoms with E-state index in [0.717, 1.165) is 19.4 Å². The van der Waals surface area contributed by atoms with Gasteiger partial charge in [-0.1, -0.05) is 0 Å². The van der Waals surface area contributed by atoms with E-state index >= 15 is 0 Å². The number of hydrogen-bond acceptors (Lipinski definition) is 5. The van der Waals surface area contributed by atoms with Crippen LogP contribution in [0.15, 0.2) is 18.6 Å². The molecule has 1 saturated carbocycles. The van der Waals surface area contributed by atoms with Gasteiger partial charge in [0.05, 0.1) is 17.8 Å². The molecule has 1 spiro atoms. The van der Waals surface area contributed by atoms with Crippen LogP contribution in [0, 0.1) is 5.92 Å². The molecule has 7 heteroatoms. The van der Waals surface area contributed by atoms with Crippen LogP contribution in [0.1, 0.15) is 43.1 Å². The molecule has 2 aliphatic heterocycles. The zero-order valence-corrected chi connectivity index (χ0v) is 14.6. The number of morpholine rings is 1. The van der Waals surface area contributed by atoms with Crippen LogP contribution in [0.2, 0.25) is 0 Å². The van der Waals surface area contributed by atoms with Crippen molar-refractivity contribution in [1.82, 2.24) is 19.8 Å². The van der Waals surface area contributed by atoms with Gasteiger partial charge in [0.25, 0.3) is 5.91 Å². The van der Waals surface area contributed by atoms with Gasteiger partial charge in [-0.2, -0.15) is 0 Å². The Bertz CT molecular complexity index is 654. The normalized spacial score (nSPS) is 26.1. The first-order valence-electron chi connectivity index (χ1n) is 9.08. The molecular formula is C18H24N4O3. The average Bonchev–Trinajstić information content (AvgIpc) is 3.47. The van der Waals surface area contributed by atoms with Crippen molar-refractivity contribution in [2.75, 3.05) is 26.2 Å². The first-order chi connectivity index (χ1) is 12.1. The number of carbonyl (C=O) groups excluding carboxylic acids is 2. The van der Waals surface area contributed by atoms with Gasteiger partial charge in [-0.25, -0.2) is 4.98 Å². The zero-order valence-electron chi connectivity index (χ0n) is 14.6. The van der Waals surface area contributed by atoms with Crippen molar-refractivity contribution in [2.24, 2.45) is 5.92 Å². The molecule has 4 rings (SSSR count). The third kappa shape index (κ3) is 3.13. The molecule has 25 heavy (non-hydrogen) atoms. The van der Waals surface area contributed by atoms with Crippen LogP contribution >= 0.6 is 0 Å². The summed E-state index contributed by atoms with van der Waals surface area (Å²) >= 11 is 0. The Morgan fingerprint density at radius 3 is 2.72 bits per heavy atom. The van der Waals surface area contributed by atoms with E-state index in [0.29, 0.717) is 24.7 Å². The summed E-state index contributed by atoms with van der Waals surface area (Å²) in [6.45, 7) is 4.35. The van der Waals surface area contributed by atoms with Crippen LogP contribution in [0.3, 0.4) is 0 Å². The van der Waals surface area contributed by atoms with E-state index < -0.39 is 0 Å². The number of likely N-dealkylation sites (tertiary alicyclic amines) is 1. The lowest BCUT2D eigenvalue weighted by molar-refractivity contribution is -0.185. The van der Waals surface area contributed by atoms with E-state index in [1.807, 2.05) is 9.80 Å². The Morgan fingerprint density at radius 2 is 2.08 bits per heavy atom. The van der Waals surface area contributed by atoms with E-state index in [1.54, 1.807) is 6.20 Å². The van der Waals surface area contributed by atoms with Gasteiger partial charge < -0.3 is 14.5 Å². The van der Waals surface area contributed by atoms with Crippen molar-refractivity contribution >= 4 is 11.8 Å². The minimum Gasteiger partial charge on any atom is -0.363 e. The van der Waals surface area contributed by atoms with E-state index in [1.165, 1.54) is 25.2 Å². The SMILES string of the molecule is C[C@H]1N(CC2CC2)C(=O)COC12CCN(C(=O)c1cnccn1)CC2. The molecule has 0 radical (unpaired) electrons. The molecule has 0 bridgehead atoms. The molecule has 2 amide bonds. The van der Waals surface area contributed by atoms with Gasteiger partial charge in [-0.05, 0) is 38.5 Å². The van der Waals surface area contributed by atoms with Crippen molar-refractivity contribution in [1.29, 1.82) is 0 Å². The number of piperidine rings is 1. The van der Waals surface area contributed by atoms with Gasteiger partial charge >= 0.3 is 0 Å². The van der Waals surface area contributed by atoms with Crippen LogP contribution in [-0.4, -0.2) is 69.5 Å². The van der Waals surface area contributed by atoms with E-state index in [4.69, 9.17) is 4.74 Å². The molecule has 3 heterocycles. The van der Waals surface area contributed by atoms with Crippen LogP contribution in [0.25, 0.3) is 0 Å². The molecule has 3 fully saturated rings. The van der Waals surface area contributed by atoms with Crippen molar-refractivity contribution in [3.63, 3.8) is 0 Å². The minimum atomic E-state index is -0.331. The summed E-state index contributed by atoms with van der Waals surface area (Å²) in [5, 5.41) is 0. The molecule has 1 aliphatic carbocycles. The third-order valence-electron chi connectivity index (χ3n) is 5.86. The lowest BCUT2D eigenvalue weighted by Crippen LogP contribution is -2.64. The molecule has 3 aliphatic rings. The number of ether oxygens (including phenoxy) is 1. The Hall–Kier alpha value is -2.02. The number of rotatable bonds is 3. The summed E-state index contributed by atoms with van der Waals surface area (Å²) in [4.78, 5) is 36.7. The monoisotopic (exact) mass is 344 g/mol. The molecule has 134 valence electrons. The third-order valence-corrected chi connectivity index (χ3v) is 5.86. The van der Waals surface area contributed by atoms with Crippen LogP contribution < -0.4 is 0 Å². The summed E-state index contributed by atoms with van der Waals surface area (Å²) in [6.07, 6.45) is 8.54. The van der Waals surface area contributed by atoms with Crippen molar-refractivity contribution in [3.8, 4) is 0 Å². The number of nitrogens with zero attached hydrogens (tertiary/aromatic N) is 4. The Balaban J connectivity index is 1.43. The maximum absolute atomic E-state index is 12.5. The highest BCUT2D eigenvalue weighted by molar-refractivity contribution is 5.92. The minimum absolute atomic E-state index is 0.0584. The lowest BCUT2D eigenvalue weighted by atomic mass is 9.82. The van der Waals surface area contributed by atoms with Gasteiger partial charge in [0.15, 0.2) is 0 Å². The predicted octanol–water partition coefficient (Wildman–Crippen LogP) is 1.11. The molecule has 0 aromatic carbocycles. The van der Waals surface area contributed by atoms with E-state index in [2.05, 4.69) is 16.9 Å². The standard InChI is InChI=1S/C18H24N4O3/c1-13-18(25-12-16(23)22(13)11-14-2-3-14)4-8-21(9-5-18)17(24)15-10-19-6-7-20-15/h6-7,10,13-14H,2-5,8-9,11-12H2,1H3/t13-/m1/s1. The second-order valence-electron chi connectivity index (χ2n) is 7.40. The quantitative estimate of drug-likeness (QED) is 0.821. The number of amides is 2. The summed E-state index contributed by atoms with van der Waals surface area (Å²) < 4.78 is 6.04. The van der Waals surface area contributed by atoms with Gasteiger partial charge in [-0.3, -0.25) is 14.6 Å². The van der Waals surface area contributed by atoms with Gasteiger partial charge in [0, 0.05) is 32.0 Å². The highest BCUT2D eigenvalue weighted by atomic mass is 16.5. The van der Waals surface area contributed by atoms with Crippen LogP contribution in [0.4, 0.5) is 0 Å². The Kier molecular flexibility index (Phi) is 4.19. The topological polar surface area (TPSA) is 75.6 Å². The number of carbonyl (C=O) groups is 2. The fraction of sp³-hybridized carbons (Fsp3) is 0.667. The fourth-order valence-electron chi connectivity index (χ4n) is 3.97. The van der Waals surface area contributed by atoms with E-state index in [-0.39, 0.29) is 30.1 Å². The molecule has 7 nitrogen and oxygen atoms in total. The van der Waals surface area contributed by atoms with Gasteiger partial charge in [-0.15, -0.1) is 0 Å². The van der Waals surface area contributed by atoms with Crippen LogP contribution in [-0.2, 0) is 9.53 Å². The van der Waals surface area contributed by atoms with E-state index in [9.17, 15) is 9.59 Å². The summed E-state index contributed by atoms with van der Waals surface area (Å²) in [5.74, 6) is 0.681. The Labute approximate surface area is 147 Å². The molecule has 1 atom stereocenters.